The molecule has 3 aromatic rings. The SMILES string of the molecule is CC(C)c1cccnc1N1CCN(Cc2cccc(Sc3ccccc3)c2)CC1. The molecule has 0 radical (unpaired) electrons. The normalized spacial score (nSPS) is 15.1. The summed E-state index contributed by atoms with van der Waals surface area (Å²) in [6, 6.07) is 23.8. The van der Waals surface area contributed by atoms with Crippen molar-refractivity contribution in [1.29, 1.82) is 0 Å². The molecular weight excluding hydrogens is 374 g/mol. The van der Waals surface area contributed by atoms with Gasteiger partial charge in [-0.15, -0.1) is 0 Å². The average Bonchev–Trinajstić information content (AvgIpc) is 2.75. The van der Waals surface area contributed by atoms with Gasteiger partial charge in [0.25, 0.3) is 0 Å². The standard InChI is InChI=1S/C25H29N3S/c1-20(2)24-12-7-13-26-25(24)28-16-14-27(15-17-28)19-21-8-6-11-23(18-21)29-22-9-4-3-5-10-22/h3-13,18,20H,14-17,19H2,1-2H3. The van der Waals surface area contributed by atoms with E-state index in [1.165, 1.54) is 26.7 Å². The van der Waals surface area contributed by atoms with E-state index in [1.807, 2.05) is 18.0 Å². The topological polar surface area (TPSA) is 19.4 Å². The van der Waals surface area contributed by atoms with Crippen LogP contribution in [0.3, 0.4) is 0 Å². The molecule has 0 spiro atoms. The molecule has 4 heteroatoms. The van der Waals surface area contributed by atoms with Crippen molar-refractivity contribution in [1.82, 2.24) is 9.88 Å². The van der Waals surface area contributed by atoms with Gasteiger partial charge in [-0.1, -0.05) is 62.0 Å². The summed E-state index contributed by atoms with van der Waals surface area (Å²) in [5.41, 5.74) is 2.74. The number of anilines is 1. The Kier molecular flexibility index (Phi) is 6.53. The first-order valence-electron chi connectivity index (χ1n) is 10.4. The number of benzene rings is 2. The number of hydrogen-bond acceptors (Lipinski definition) is 4. The third kappa shape index (κ3) is 5.20. The molecule has 3 nitrogen and oxygen atoms in total. The van der Waals surface area contributed by atoms with Gasteiger partial charge >= 0.3 is 0 Å². The van der Waals surface area contributed by atoms with E-state index >= 15 is 0 Å². The van der Waals surface area contributed by atoms with Crippen LogP contribution in [0.1, 0.15) is 30.9 Å². The lowest BCUT2D eigenvalue weighted by molar-refractivity contribution is 0.249. The third-order valence-electron chi connectivity index (χ3n) is 5.39. The lowest BCUT2D eigenvalue weighted by atomic mass is 10.0. The monoisotopic (exact) mass is 403 g/mol. The second-order valence-corrected chi connectivity index (χ2v) is 9.04. The van der Waals surface area contributed by atoms with E-state index < -0.39 is 0 Å². The van der Waals surface area contributed by atoms with Crippen molar-refractivity contribution in [3.05, 3.63) is 84.1 Å². The second kappa shape index (κ2) is 9.47. The number of pyridine rings is 1. The highest BCUT2D eigenvalue weighted by Gasteiger charge is 2.21. The molecule has 29 heavy (non-hydrogen) atoms. The van der Waals surface area contributed by atoms with Crippen LogP contribution in [0.25, 0.3) is 0 Å². The van der Waals surface area contributed by atoms with E-state index in [2.05, 4.69) is 95.4 Å². The number of hydrogen-bond donors (Lipinski definition) is 0. The number of rotatable bonds is 6. The highest BCUT2D eigenvalue weighted by atomic mass is 32.2. The summed E-state index contributed by atoms with van der Waals surface area (Å²) in [4.78, 5) is 12.3. The van der Waals surface area contributed by atoms with Crippen molar-refractivity contribution in [2.24, 2.45) is 0 Å². The second-order valence-electron chi connectivity index (χ2n) is 7.90. The Morgan fingerprint density at radius 3 is 2.38 bits per heavy atom. The van der Waals surface area contributed by atoms with Crippen LogP contribution in [0.4, 0.5) is 5.82 Å². The van der Waals surface area contributed by atoms with Gasteiger partial charge in [0.05, 0.1) is 0 Å². The van der Waals surface area contributed by atoms with Gasteiger partial charge in [0.15, 0.2) is 0 Å². The van der Waals surface area contributed by atoms with E-state index in [9.17, 15) is 0 Å². The zero-order valence-electron chi connectivity index (χ0n) is 17.3. The van der Waals surface area contributed by atoms with E-state index in [0.29, 0.717) is 5.92 Å². The lowest BCUT2D eigenvalue weighted by Crippen LogP contribution is -2.46. The van der Waals surface area contributed by atoms with Gasteiger partial charge in [-0.2, -0.15) is 0 Å². The molecule has 0 saturated carbocycles. The predicted molar refractivity (Wildman–Crippen MR) is 123 cm³/mol. The van der Waals surface area contributed by atoms with E-state index in [4.69, 9.17) is 0 Å². The Balaban J connectivity index is 1.36. The average molecular weight is 404 g/mol. The van der Waals surface area contributed by atoms with Crippen molar-refractivity contribution in [3.8, 4) is 0 Å². The largest absolute Gasteiger partial charge is 0.354 e. The molecule has 1 saturated heterocycles. The fourth-order valence-electron chi connectivity index (χ4n) is 3.83. The van der Waals surface area contributed by atoms with E-state index in [-0.39, 0.29) is 0 Å². The van der Waals surface area contributed by atoms with Gasteiger partial charge in [-0.05, 0) is 47.4 Å². The first-order valence-corrected chi connectivity index (χ1v) is 11.2. The van der Waals surface area contributed by atoms with Crippen LogP contribution in [0.5, 0.6) is 0 Å². The first kappa shape index (κ1) is 20.0. The van der Waals surface area contributed by atoms with Crippen LogP contribution >= 0.6 is 11.8 Å². The van der Waals surface area contributed by atoms with Crippen molar-refractivity contribution in [3.63, 3.8) is 0 Å². The first-order chi connectivity index (χ1) is 14.2. The molecule has 2 heterocycles. The summed E-state index contributed by atoms with van der Waals surface area (Å²) in [5.74, 6) is 1.67. The Hall–Kier alpha value is -2.30. The van der Waals surface area contributed by atoms with Crippen molar-refractivity contribution >= 4 is 17.6 Å². The van der Waals surface area contributed by atoms with E-state index in [1.54, 1.807) is 0 Å². The molecule has 0 aliphatic carbocycles. The molecule has 150 valence electrons. The Morgan fingerprint density at radius 1 is 0.862 bits per heavy atom. The molecule has 0 bridgehead atoms. The van der Waals surface area contributed by atoms with Crippen LogP contribution in [-0.4, -0.2) is 36.1 Å². The number of nitrogens with zero attached hydrogens (tertiary/aromatic N) is 3. The Morgan fingerprint density at radius 2 is 1.62 bits per heavy atom. The Labute approximate surface area is 178 Å². The number of aromatic nitrogens is 1. The van der Waals surface area contributed by atoms with Crippen molar-refractivity contribution < 1.29 is 0 Å². The van der Waals surface area contributed by atoms with Crippen LogP contribution in [0, 0.1) is 0 Å². The van der Waals surface area contributed by atoms with Crippen molar-refractivity contribution in [2.45, 2.75) is 36.1 Å². The summed E-state index contributed by atoms with van der Waals surface area (Å²) in [7, 11) is 0. The van der Waals surface area contributed by atoms with Gasteiger partial charge in [0.2, 0.25) is 0 Å². The lowest BCUT2D eigenvalue weighted by Gasteiger charge is -2.36. The van der Waals surface area contributed by atoms with Crippen LogP contribution in [-0.2, 0) is 6.54 Å². The quantitative estimate of drug-likeness (QED) is 0.527. The molecule has 1 aliphatic heterocycles. The van der Waals surface area contributed by atoms with Crippen LogP contribution in [0.2, 0.25) is 0 Å². The highest BCUT2D eigenvalue weighted by Crippen LogP contribution is 2.29. The third-order valence-corrected chi connectivity index (χ3v) is 6.39. The molecule has 0 N–H and O–H groups in total. The summed E-state index contributed by atoms with van der Waals surface area (Å²) < 4.78 is 0. The minimum Gasteiger partial charge on any atom is -0.354 e. The van der Waals surface area contributed by atoms with Gasteiger partial charge in [-0.25, -0.2) is 4.98 Å². The van der Waals surface area contributed by atoms with E-state index in [0.717, 1.165) is 32.7 Å². The number of piperazine rings is 1. The molecular formula is C25H29N3S. The minimum absolute atomic E-state index is 0.501. The summed E-state index contributed by atoms with van der Waals surface area (Å²) >= 11 is 1.83. The molecule has 0 unspecified atom stereocenters. The molecule has 0 atom stereocenters. The predicted octanol–water partition coefficient (Wildman–Crippen LogP) is 5.68. The summed E-state index contributed by atoms with van der Waals surface area (Å²) in [6.07, 6.45) is 1.92. The fourth-order valence-corrected chi connectivity index (χ4v) is 4.75. The minimum atomic E-state index is 0.501. The van der Waals surface area contributed by atoms with Crippen LogP contribution < -0.4 is 4.90 Å². The van der Waals surface area contributed by atoms with Crippen LogP contribution in [0.15, 0.2) is 82.7 Å². The van der Waals surface area contributed by atoms with Gasteiger partial charge in [0, 0.05) is 48.7 Å². The summed E-state index contributed by atoms with van der Waals surface area (Å²) in [6.45, 7) is 9.73. The maximum atomic E-state index is 4.69. The molecule has 4 rings (SSSR count). The smallest absolute Gasteiger partial charge is 0.132 e. The molecule has 1 aliphatic rings. The fraction of sp³-hybridized carbons (Fsp3) is 0.320. The molecule has 2 aromatic carbocycles. The van der Waals surface area contributed by atoms with Gasteiger partial charge < -0.3 is 4.90 Å². The van der Waals surface area contributed by atoms with Gasteiger partial charge in [0.1, 0.15) is 5.82 Å². The summed E-state index contributed by atoms with van der Waals surface area (Å²) in [5, 5.41) is 0. The zero-order valence-corrected chi connectivity index (χ0v) is 18.1. The Bertz CT molecular complexity index is 918. The maximum Gasteiger partial charge on any atom is 0.132 e. The van der Waals surface area contributed by atoms with Crippen molar-refractivity contribution in [2.75, 3.05) is 31.1 Å². The highest BCUT2D eigenvalue weighted by molar-refractivity contribution is 7.99. The van der Waals surface area contributed by atoms with Gasteiger partial charge in [-0.3, -0.25) is 4.90 Å². The zero-order chi connectivity index (χ0) is 20.1. The maximum absolute atomic E-state index is 4.69. The molecule has 1 fully saturated rings. The molecule has 0 amide bonds. The molecule has 1 aromatic heterocycles.